The number of alkyl halides is 1. The average Bonchev–Trinajstić information content (AvgIpc) is 2.47. The van der Waals surface area contributed by atoms with Gasteiger partial charge in [-0.2, -0.15) is 15.0 Å². The molecule has 0 bridgehead atoms. The van der Waals surface area contributed by atoms with Crippen LogP contribution in [0.2, 0.25) is 0 Å². The van der Waals surface area contributed by atoms with Gasteiger partial charge in [-0.05, 0) is 56.7 Å². The molecule has 2 unspecified atom stereocenters. The van der Waals surface area contributed by atoms with Crippen LogP contribution in [0.3, 0.4) is 0 Å². The monoisotopic (exact) mass is 315 g/mol. The fourth-order valence-electron chi connectivity index (χ4n) is 3.28. The predicted molar refractivity (Wildman–Crippen MR) is 89.0 cm³/mol. The van der Waals surface area contributed by atoms with E-state index in [1.54, 1.807) is 0 Å². The van der Waals surface area contributed by atoms with Gasteiger partial charge >= 0.3 is 0 Å². The Morgan fingerprint density at radius 3 is 2.78 bits per heavy atom. The minimum Gasteiger partial charge on any atom is -0.368 e. The molecule has 0 spiro atoms. The van der Waals surface area contributed by atoms with E-state index in [0.717, 1.165) is 19.3 Å². The zero-order valence-electron chi connectivity index (χ0n) is 13.7. The van der Waals surface area contributed by atoms with E-state index in [0.29, 0.717) is 5.95 Å². The number of nitrogen functional groups attached to an aromatic ring is 1. The van der Waals surface area contributed by atoms with Crippen molar-refractivity contribution in [3.05, 3.63) is 40.2 Å². The number of rotatable bonds is 3. The van der Waals surface area contributed by atoms with Crippen LogP contribution in [0.4, 0.5) is 16.3 Å². The molecule has 3 N–H and O–H groups in total. The normalized spacial score (nSPS) is 18.3. The summed E-state index contributed by atoms with van der Waals surface area (Å²) in [5, 5.41) is 3.32. The molecule has 0 amide bonds. The lowest BCUT2D eigenvalue weighted by atomic mass is 9.84. The van der Waals surface area contributed by atoms with E-state index < -0.39 is 6.17 Å². The summed E-state index contributed by atoms with van der Waals surface area (Å²) in [6.07, 6.45) is 1.90. The molecule has 0 saturated heterocycles. The van der Waals surface area contributed by atoms with Crippen molar-refractivity contribution < 1.29 is 4.39 Å². The number of aromatic nitrogens is 3. The van der Waals surface area contributed by atoms with Crippen LogP contribution in [-0.2, 0) is 6.42 Å². The topological polar surface area (TPSA) is 76.7 Å². The molecule has 1 aliphatic rings. The number of anilines is 2. The predicted octanol–water partition coefficient (Wildman–Crippen LogP) is 3.59. The maximum Gasteiger partial charge on any atom is 0.228 e. The van der Waals surface area contributed by atoms with Gasteiger partial charge in [0.1, 0.15) is 0 Å². The molecular weight excluding hydrogens is 293 g/mol. The Labute approximate surface area is 135 Å². The SMILES string of the molecule is Cc1cc(C)c2c(c1)C(Nc1nc(N)nc(C(C)F)n1)CCC2. The Bertz CT molecular complexity index is 729. The molecular formula is C17H22FN5. The van der Waals surface area contributed by atoms with E-state index in [4.69, 9.17) is 5.73 Å². The van der Waals surface area contributed by atoms with Crippen LogP contribution in [0.15, 0.2) is 12.1 Å². The molecule has 0 saturated carbocycles. The Morgan fingerprint density at radius 1 is 1.26 bits per heavy atom. The molecule has 1 aromatic heterocycles. The van der Waals surface area contributed by atoms with E-state index in [-0.39, 0.29) is 17.8 Å². The summed E-state index contributed by atoms with van der Waals surface area (Å²) in [7, 11) is 0. The maximum atomic E-state index is 13.5. The summed E-state index contributed by atoms with van der Waals surface area (Å²) >= 11 is 0. The number of nitrogens with zero attached hydrogens (tertiary/aromatic N) is 3. The van der Waals surface area contributed by atoms with Gasteiger partial charge in [-0.1, -0.05) is 17.7 Å². The van der Waals surface area contributed by atoms with Gasteiger partial charge in [0.05, 0.1) is 6.04 Å². The lowest BCUT2D eigenvalue weighted by Crippen LogP contribution is -2.20. The first-order chi connectivity index (χ1) is 10.9. The van der Waals surface area contributed by atoms with Gasteiger partial charge in [0.2, 0.25) is 11.9 Å². The number of hydrogen-bond donors (Lipinski definition) is 2. The van der Waals surface area contributed by atoms with Crippen LogP contribution in [0.1, 0.15) is 60.1 Å². The second-order valence-corrected chi connectivity index (χ2v) is 6.23. The molecule has 5 nitrogen and oxygen atoms in total. The molecule has 6 heteroatoms. The Morgan fingerprint density at radius 2 is 2.04 bits per heavy atom. The van der Waals surface area contributed by atoms with Crippen molar-refractivity contribution >= 4 is 11.9 Å². The van der Waals surface area contributed by atoms with Crippen molar-refractivity contribution in [1.29, 1.82) is 0 Å². The Kier molecular flexibility index (Phi) is 4.15. The van der Waals surface area contributed by atoms with Crippen molar-refractivity contribution in [2.45, 2.75) is 52.2 Å². The third-order valence-corrected chi connectivity index (χ3v) is 4.28. The standard InChI is InChI=1S/C17H22FN5/c1-9-7-10(2)12-5-4-6-14(13(12)8-9)20-17-22-15(11(3)18)21-16(19)23-17/h7-8,11,14H,4-6H2,1-3H3,(H3,19,20,21,22,23). The molecule has 0 aliphatic heterocycles. The van der Waals surface area contributed by atoms with Gasteiger partial charge in [0, 0.05) is 0 Å². The smallest absolute Gasteiger partial charge is 0.228 e. The highest BCUT2D eigenvalue weighted by atomic mass is 19.1. The molecule has 2 atom stereocenters. The van der Waals surface area contributed by atoms with E-state index in [9.17, 15) is 4.39 Å². The maximum absolute atomic E-state index is 13.5. The highest BCUT2D eigenvalue weighted by molar-refractivity contribution is 5.45. The minimum absolute atomic E-state index is 0.0402. The van der Waals surface area contributed by atoms with Crippen molar-refractivity contribution in [3.8, 4) is 0 Å². The van der Waals surface area contributed by atoms with Gasteiger partial charge in [-0.25, -0.2) is 4.39 Å². The van der Waals surface area contributed by atoms with Crippen LogP contribution in [0.25, 0.3) is 0 Å². The van der Waals surface area contributed by atoms with Gasteiger partial charge in [-0.15, -0.1) is 0 Å². The largest absolute Gasteiger partial charge is 0.368 e. The summed E-state index contributed by atoms with van der Waals surface area (Å²) in [4.78, 5) is 12.1. The van der Waals surface area contributed by atoms with Gasteiger partial charge in [0.25, 0.3) is 0 Å². The van der Waals surface area contributed by atoms with Crippen LogP contribution in [0, 0.1) is 13.8 Å². The number of benzene rings is 1. The van der Waals surface area contributed by atoms with Crippen molar-refractivity contribution in [3.63, 3.8) is 0 Å². The average molecular weight is 315 g/mol. The van der Waals surface area contributed by atoms with Gasteiger partial charge in [-0.3, -0.25) is 0 Å². The lowest BCUT2D eigenvalue weighted by Gasteiger charge is -2.28. The minimum atomic E-state index is -1.27. The number of nitrogens with two attached hydrogens (primary N) is 1. The molecule has 1 aromatic carbocycles. The van der Waals surface area contributed by atoms with E-state index in [1.807, 2.05) is 0 Å². The van der Waals surface area contributed by atoms with Crippen LogP contribution < -0.4 is 11.1 Å². The number of hydrogen-bond acceptors (Lipinski definition) is 5. The fourth-order valence-corrected chi connectivity index (χ4v) is 3.28. The molecule has 0 fully saturated rings. The Balaban J connectivity index is 1.94. The first-order valence-corrected chi connectivity index (χ1v) is 7.96. The first-order valence-electron chi connectivity index (χ1n) is 7.96. The second kappa shape index (κ2) is 6.10. The lowest BCUT2D eigenvalue weighted by molar-refractivity contribution is 0.356. The fraction of sp³-hybridized carbons (Fsp3) is 0.471. The zero-order valence-corrected chi connectivity index (χ0v) is 13.7. The van der Waals surface area contributed by atoms with Gasteiger partial charge in [0.15, 0.2) is 12.0 Å². The highest BCUT2D eigenvalue weighted by Gasteiger charge is 2.23. The van der Waals surface area contributed by atoms with E-state index >= 15 is 0 Å². The molecule has 2 aromatic rings. The van der Waals surface area contributed by atoms with Gasteiger partial charge < -0.3 is 11.1 Å². The van der Waals surface area contributed by atoms with E-state index in [2.05, 4.69) is 46.2 Å². The van der Waals surface area contributed by atoms with E-state index in [1.165, 1.54) is 29.2 Å². The molecule has 1 heterocycles. The third-order valence-electron chi connectivity index (χ3n) is 4.28. The summed E-state index contributed by atoms with van der Waals surface area (Å²) in [5.41, 5.74) is 10.9. The first kappa shape index (κ1) is 15.6. The molecule has 0 radical (unpaired) electrons. The molecule has 23 heavy (non-hydrogen) atoms. The van der Waals surface area contributed by atoms with Crippen molar-refractivity contribution in [2.75, 3.05) is 11.1 Å². The number of aryl methyl sites for hydroxylation is 2. The number of nitrogens with one attached hydrogen (secondary N) is 1. The second-order valence-electron chi connectivity index (χ2n) is 6.23. The Hall–Kier alpha value is -2.24. The highest BCUT2D eigenvalue weighted by Crippen LogP contribution is 2.34. The van der Waals surface area contributed by atoms with Crippen LogP contribution in [0.5, 0.6) is 0 Å². The summed E-state index contributed by atoms with van der Waals surface area (Å²) in [6.45, 7) is 5.64. The summed E-state index contributed by atoms with van der Waals surface area (Å²) in [6, 6.07) is 4.54. The van der Waals surface area contributed by atoms with Crippen molar-refractivity contribution in [2.24, 2.45) is 0 Å². The quantitative estimate of drug-likeness (QED) is 0.905. The molecule has 3 rings (SSSR count). The summed E-state index contributed by atoms with van der Waals surface area (Å²) in [5.74, 6) is 0.448. The summed E-state index contributed by atoms with van der Waals surface area (Å²) < 4.78 is 13.5. The molecule has 122 valence electrons. The zero-order chi connectivity index (χ0) is 16.6. The number of halogens is 1. The van der Waals surface area contributed by atoms with Crippen molar-refractivity contribution in [1.82, 2.24) is 15.0 Å². The molecule has 1 aliphatic carbocycles. The van der Waals surface area contributed by atoms with Crippen LogP contribution >= 0.6 is 0 Å². The number of fused-ring (bicyclic) bond motifs is 1. The van der Waals surface area contributed by atoms with Crippen LogP contribution in [-0.4, -0.2) is 15.0 Å². The third kappa shape index (κ3) is 3.25.